The number of carboxylic acid groups (broad SMARTS) is 1. The Labute approximate surface area is 216 Å². The van der Waals surface area contributed by atoms with Crippen molar-refractivity contribution in [3.8, 4) is 0 Å². The molecule has 9 atom stereocenters. The SMILES string of the molecule is CC/C(=C\C=C/[C@@H]1C=C[C@@H]2[C@@H](CC)CC[C@H]2[C@@H]1C(=O)c1ccc[nH]1)[C@@H]1O[C@@H]([C@@H](C)C(=O)O)CC[C@@H]1C. The van der Waals surface area contributed by atoms with E-state index >= 15 is 0 Å². The van der Waals surface area contributed by atoms with Crippen LogP contribution in [0.3, 0.4) is 0 Å². The van der Waals surface area contributed by atoms with E-state index in [9.17, 15) is 14.7 Å². The van der Waals surface area contributed by atoms with Gasteiger partial charge in [-0.15, -0.1) is 0 Å². The van der Waals surface area contributed by atoms with Crippen LogP contribution in [0.2, 0.25) is 0 Å². The lowest BCUT2D eigenvalue weighted by atomic mass is 9.68. The van der Waals surface area contributed by atoms with Crippen LogP contribution in [0.25, 0.3) is 0 Å². The van der Waals surface area contributed by atoms with Crippen LogP contribution in [0.4, 0.5) is 0 Å². The first-order valence-electron chi connectivity index (χ1n) is 14.0. The molecule has 2 N–H and O–H groups in total. The molecular formula is C31H43NO4. The van der Waals surface area contributed by atoms with Crippen molar-refractivity contribution in [2.24, 2.45) is 41.4 Å². The zero-order valence-electron chi connectivity index (χ0n) is 22.2. The Balaban J connectivity index is 1.55. The molecule has 1 aromatic rings. The third-order valence-corrected chi connectivity index (χ3v) is 9.14. The molecule has 0 unspecified atom stereocenters. The predicted octanol–water partition coefficient (Wildman–Crippen LogP) is 6.85. The fourth-order valence-corrected chi connectivity index (χ4v) is 6.88. The molecule has 0 radical (unpaired) electrons. The molecule has 2 aliphatic carbocycles. The van der Waals surface area contributed by atoms with Crippen LogP contribution in [-0.2, 0) is 9.53 Å². The number of hydrogen-bond donors (Lipinski definition) is 2. The second-order valence-electron chi connectivity index (χ2n) is 11.2. The number of carbonyl (C=O) groups excluding carboxylic acids is 1. The van der Waals surface area contributed by atoms with E-state index in [1.165, 1.54) is 18.4 Å². The van der Waals surface area contributed by atoms with Crippen molar-refractivity contribution in [3.63, 3.8) is 0 Å². The van der Waals surface area contributed by atoms with Crippen molar-refractivity contribution in [2.75, 3.05) is 0 Å². The topological polar surface area (TPSA) is 79.4 Å². The van der Waals surface area contributed by atoms with Crippen molar-refractivity contribution < 1.29 is 19.4 Å². The van der Waals surface area contributed by atoms with Gasteiger partial charge in [0, 0.05) is 18.0 Å². The molecule has 0 amide bonds. The van der Waals surface area contributed by atoms with Crippen LogP contribution < -0.4 is 0 Å². The lowest BCUT2D eigenvalue weighted by Crippen LogP contribution is -2.40. The summed E-state index contributed by atoms with van der Waals surface area (Å²) in [5.41, 5.74) is 1.90. The summed E-state index contributed by atoms with van der Waals surface area (Å²) in [6.07, 6.45) is 18.7. The monoisotopic (exact) mass is 493 g/mol. The van der Waals surface area contributed by atoms with E-state index in [2.05, 4.69) is 56.1 Å². The fraction of sp³-hybridized carbons (Fsp3) is 0.613. The Morgan fingerprint density at radius 3 is 2.67 bits per heavy atom. The maximum atomic E-state index is 13.6. The van der Waals surface area contributed by atoms with Crippen LogP contribution in [0.5, 0.6) is 0 Å². The summed E-state index contributed by atoms with van der Waals surface area (Å²) >= 11 is 0. The molecule has 1 aliphatic heterocycles. The van der Waals surface area contributed by atoms with E-state index in [1.807, 2.05) is 18.3 Å². The summed E-state index contributed by atoms with van der Waals surface area (Å²) < 4.78 is 6.35. The number of aromatic amines is 1. The summed E-state index contributed by atoms with van der Waals surface area (Å²) in [4.78, 5) is 28.3. The van der Waals surface area contributed by atoms with E-state index in [0.717, 1.165) is 25.7 Å². The van der Waals surface area contributed by atoms with Gasteiger partial charge in [0.1, 0.15) is 0 Å². The number of ketones is 1. The predicted molar refractivity (Wildman–Crippen MR) is 143 cm³/mol. The van der Waals surface area contributed by atoms with Gasteiger partial charge in [-0.05, 0) is 80.4 Å². The Hall–Kier alpha value is -2.40. The first kappa shape index (κ1) is 26.7. The number of nitrogens with one attached hydrogen (secondary N) is 1. The smallest absolute Gasteiger partial charge is 0.308 e. The molecule has 5 heteroatoms. The molecule has 0 aromatic carbocycles. The summed E-state index contributed by atoms with van der Waals surface area (Å²) in [5, 5.41) is 9.46. The Morgan fingerprint density at radius 1 is 1.19 bits per heavy atom. The summed E-state index contributed by atoms with van der Waals surface area (Å²) in [6, 6.07) is 3.80. The Bertz CT molecular complexity index is 990. The lowest BCUT2D eigenvalue weighted by molar-refractivity contribution is -0.152. The number of rotatable bonds is 9. The van der Waals surface area contributed by atoms with E-state index in [4.69, 9.17) is 4.74 Å². The van der Waals surface area contributed by atoms with Gasteiger partial charge < -0.3 is 14.8 Å². The maximum absolute atomic E-state index is 13.6. The molecule has 5 nitrogen and oxygen atoms in total. The van der Waals surface area contributed by atoms with Gasteiger partial charge in [0.05, 0.1) is 23.8 Å². The van der Waals surface area contributed by atoms with E-state index in [0.29, 0.717) is 29.4 Å². The minimum atomic E-state index is -0.799. The minimum absolute atomic E-state index is 0.0458. The lowest BCUT2D eigenvalue weighted by Gasteiger charge is -2.38. The zero-order chi connectivity index (χ0) is 25.8. The number of allylic oxidation sites excluding steroid dienone is 5. The number of ether oxygens (including phenoxy) is 1. The average Bonchev–Trinajstić information content (AvgIpc) is 3.56. The van der Waals surface area contributed by atoms with Gasteiger partial charge in [0.2, 0.25) is 0 Å². The van der Waals surface area contributed by atoms with Crippen LogP contribution >= 0.6 is 0 Å². The van der Waals surface area contributed by atoms with Crippen LogP contribution in [0.1, 0.15) is 76.7 Å². The van der Waals surface area contributed by atoms with Gasteiger partial charge in [0.15, 0.2) is 5.78 Å². The molecule has 36 heavy (non-hydrogen) atoms. The number of fused-ring (bicyclic) bond motifs is 1. The highest BCUT2D eigenvalue weighted by Gasteiger charge is 2.45. The van der Waals surface area contributed by atoms with Gasteiger partial charge >= 0.3 is 5.97 Å². The van der Waals surface area contributed by atoms with Crippen molar-refractivity contribution in [1.29, 1.82) is 0 Å². The second kappa shape index (κ2) is 11.8. The summed E-state index contributed by atoms with van der Waals surface area (Å²) in [6.45, 7) is 8.33. The number of hydrogen-bond acceptors (Lipinski definition) is 3. The number of carbonyl (C=O) groups is 2. The number of Topliss-reactive ketones (excluding diaryl/α,β-unsaturated/α-hetero) is 1. The van der Waals surface area contributed by atoms with E-state index in [1.54, 1.807) is 6.92 Å². The highest BCUT2D eigenvalue weighted by atomic mass is 16.5. The molecular weight excluding hydrogens is 450 g/mol. The maximum Gasteiger partial charge on any atom is 0.308 e. The van der Waals surface area contributed by atoms with Crippen molar-refractivity contribution >= 4 is 11.8 Å². The normalized spacial score (nSPS) is 35.6. The average molecular weight is 494 g/mol. The largest absolute Gasteiger partial charge is 0.481 e. The number of carboxylic acids is 1. The quantitative estimate of drug-likeness (QED) is 0.224. The van der Waals surface area contributed by atoms with Gasteiger partial charge in [-0.2, -0.15) is 0 Å². The van der Waals surface area contributed by atoms with Crippen LogP contribution in [0.15, 0.2) is 54.3 Å². The summed E-state index contributed by atoms with van der Waals surface area (Å²) in [7, 11) is 0. The first-order chi connectivity index (χ1) is 17.3. The molecule has 196 valence electrons. The Morgan fingerprint density at radius 2 is 2.00 bits per heavy atom. The molecule has 1 saturated carbocycles. The molecule has 0 spiro atoms. The van der Waals surface area contributed by atoms with Crippen molar-refractivity contribution in [2.45, 2.75) is 78.4 Å². The van der Waals surface area contributed by atoms with Crippen molar-refractivity contribution in [3.05, 3.63) is 60.0 Å². The third-order valence-electron chi connectivity index (χ3n) is 9.14. The highest BCUT2D eigenvalue weighted by molar-refractivity contribution is 5.97. The minimum Gasteiger partial charge on any atom is -0.481 e. The fourth-order valence-electron chi connectivity index (χ4n) is 6.88. The zero-order valence-corrected chi connectivity index (χ0v) is 22.2. The standard InChI is InChI=1S/C31H43NO4/c1-5-21-13-16-25-24(21)15-14-23(28(25)29(33)26-11-8-18-32-26)10-7-9-22(6-2)30-19(3)12-17-27(36-30)20(4)31(34)35/h7-11,14-15,18-21,23-25,27-28,30,32H,5-6,12-13,16-17H2,1-4H3,(H,34,35)/b10-7-,22-9+/t19-,20+,21-,23+,24+,25+,27+,28+,30+/m0/s1. The third kappa shape index (κ3) is 5.46. The molecule has 1 aromatic heterocycles. The molecule has 3 aliphatic rings. The van der Waals surface area contributed by atoms with Crippen molar-refractivity contribution in [1.82, 2.24) is 4.98 Å². The van der Waals surface area contributed by atoms with Crippen LogP contribution in [0, 0.1) is 41.4 Å². The van der Waals surface area contributed by atoms with Crippen LogP contribution in [-0.4, -0.2) is 34.1 Å². The molecule has 4 rings (SSSR count). The highest BCUT2D eigenvalue weighted by Crippen LogP contribution is 2.49. The van der Waals surface area contributed by atoms with E-state index < -0.39 is 11.9 Å². The molecule has 0 bridgehead atoms. The van der Waals surface area contributed by atoms with Gasteiger partial charge in [-0.25, -0.2) is 0 Å². The second-order valence-corrected chi connectivity index (χ2v) is 11.2. The number of aromatic nitrogens is 1. The van der Waals surface area contributed by atoms with Gasteiger partial charge in [0.25, 0.3) is 0 Å². The molecule has 2 fully saturated rings. The van der Waals surface area contributed by atoms with E-state index in [-0.39, 0.29) is 29.8 Å². The molecule has 1 saturated heterocycles. The molecule has 2 heterocycles. The number of H-pyrrole nitrogens is 1. The number of aliphatic carboxylic acids is 1. The Kier molecular flexibility index (Phi) is 8.71. The first-order valence-corrected chi connectivity index (χ1v) is 14.0. The van der Waals surface area contributed by atoms with Gasteiger partial charge in [-0.1, -0.05) is 57.6 Å². The van der Waals surface area contributed by atoms with Gasteiger partial charge in [-0.3, -0.25) is 9.59 Å². The summed E-state index contributed by atoms with van der Waals surface area (Å²) in [5.74, 6) is 0.846.